The number of nitrogens with zero attached hydrogens (tertiary/aromatic N) is 1. The summed E-state index contributed by atoms with van der Waals surface area (Å²) in [7, 11) is 1.63. The van der Waals surface area contributed by atoms with Crippen LogP contribution in [0.2, 0.25) is 5.02 Å². The van der Waals surface area contributed by atoms with Crippen molar-refractivity contribution < 1.29 is 14.6 Å². The van der Waals surface area contributed by atoms with Gasteiger partial charge in [-0.25, -0.2) is 0 Å². The van der Waals surface area contributed by atoms with Gasteiger partial charge in [0.15, 0.2) is 0 Å². The summed E-state index contributed by atoms with van der Waals surface area (Å²) in [4.78, 5) is 13.7. The quantitative estimate of drug-likeness (QED) is 0.868. The molecule has 0 aromatic heterocycles. The van der Waals surface area contributed by atoms with E-state index in [-0.39, 0.29) is 5.37 Å². The van der Waals surface area contributed by atoms with E-state index in [0.717, 1.165) is 16.9 Å². The van der Waals surface area contributed by atoms with Gasteiger partial charge in [0.05, 0.1) is 12.5 Å². The molecule has 126 valence electrons. The lowest BCUT2D eigenvalue weighted by atomic mass is 10.1. The second kappa shape index (κ2) is 7.47. The normalized spacial score (nSPS) is 20.9. The molecule has 0 bridgehead atoms. The standard InChI is InChI=1S/C18H18ClNO3S/c1-23-15-7-5-12(6-8-15)10-20-16(18(21)22)11-24-17(20)13-3-2-4-14(19)9-13/h2-9,16-17H,10-11H2,1H3,(H,21,22). The van der Waals surface area contributed by atoms with Crippen LogP contribution in [-0.2, 0) is 11.3 Å². The Balaban J connectivity index is 1.87. The molecular formula is C18H18ClNO3S. The summed E-state index contributed by atoms with van der Waals surface area (Å²) in [6.45, 7) is 0.561. The van der Waals surface area contributed by atoms with Crippen LogP contribution in [0.3, 0.4) is 0 Å². The van der Waals surface area contributed by atoms with E-state index < -0.39 is 12.0 Å². The van der Waals surface area contributed by atoms with Crippen LogP contribution in [0, 0.1) is 0 Å². The maximum absolute atomic E-state index is 11.6. The lowest BCUT2D eigenvalue weighted by Gasteiger charge is -2.27. The van der Waals surface area contributed by atoms with E-state index in [0.29, 0.717) is 17.3 Å². The number of carboxylic acid groups (broad SMARTS) is 1. The molecule has 0 spiro atoms. The SMILES string of the molecule is COc1ccc(CN2C(C(=O)O)CSC2c2cccc(Cl)c2)cc1. The molecule has 2 unspecified atom stereocenters. The first-order valence-electron chi connectivity index (χ1n) is 7.57. The number of rotatable bonds is 5. The molecule has 0 amide bonds. The Kier molecular flexibility index (Phi) is 5.33. The number of halogens is 1. The molecule has 4 nitrogen and oxygen atoms in total. The van der Waals surface area contributed by atoms with Crippen molar-refractivity contribution in [3.05, 3.63) is 64.7 Å². The smallest absolute Gasteiger partial charge is 0.321 e. The summed E-state index contributed by atoms with van der Waals surface area (Å²) in [5.41, 5.74) is 2.08. The van der Waals surface area contributed by atoms with Crippen LogP contribution in [0.15, 0.2) is 48.5 Å². The number of carbonyl (C=O) groups is 1. The van der Waals surface area contributed by atoms with Crippen LogP contribution >= 0.6 is 23.4 Å². The summed E-state index contributed by atoms with van der Waals surface area (Å²) < 4.78 is 5.18. The van der Waals surface area contributed by atoms with Gasteiger partial charge in [0, 0.05) is 17.3 Å². The van der Waals surface area contributed by atoms with Gasteiger partial charge in [-0.1, -0.05) is 35.9 Å². The number of thioether (sulfide) groups is 1. The van der Waals surface area contributed by atoms with Crippen molar-refractivity contribution in [3.63, 3.8) is 0 Å². The Labute approximate surface area is 150 Å². The van der Waals surface area contributed by atoms with Crippen LogP contribution in [-0.4, -0.2) is 34.9 Å². The molecule has 0 aliphatic carbocycles. The summed E-state index contributed by atoms with van der Waals surface area (Å²) in [6, 6.07) is 14.8. The van der Waals surface area contributed by atoms with E-state index in [1.54, 1.807) is 18.9 Å². The average Bonchev–Trinajstić information content (AvgIpc) is 2.99. The molecule has 2 aromatic rings. The third-order valence-electron chi connectivity index (χ3n) is 4.06. The van der Waals surface area contributed by atoms with E-state index in [1.807, 2.05) is 53.4 Å². The molecule has 0 radical (unpaired) electrons. The van der Waals surface area contributed by atoms with Crippen molar-refractivity contribution >= 4 is 29.3 Å². The van der Waals surface area contributed by atoms with E-state index in [9.17, 15) is 9.90 Å². The van der Waals surface area contributed by atoms with Crippen molar-refractivity contribution in [2.24, 2.45) is 0 Å². The molecule has 1 heterocycles. The second-order valence-corrected chi connectivity index (χ2v) is 7.16. The Morgan fingerprint density at radius 1 is 1.33 bits per heavy atom. The number of methoxy groups -OCH3 is 1. The molecule has 3 rings (SSSR count). The van der Waals surface area contributed by atoms with Gasteiger partial charge < -0.3 is 9.84 Å². The lowest BCUT2D eigenvalue weighted by molar-refractivity contribution is -0.142. The molecule has 0 saturated carbocycles. The fourth-order valence-electron chi connectivity index (χ4n) is 2.83. The molecule has 1 saturated heterocycles. The van der Waals surface area contributed by atoms with Crippen LogP contribution in [0.4, 0.5) is 0 Å². The molecule has 1 fully saturated rings. The zero-order valence-electron chi connectivity index (χ0n) is 13.2. The molecule has 2 aromatic carbocycles. The lowest BCUT2D eigenvalue weighted by Crippen LogP contribution is -2.38. The Hall–Kier alpha value is -1.69. The minimum Gasteiger partial charge on any atom is -0.497 e. The summed E-state index contributed by atoms with van der Waals surface area (Å²) in [5, 5.41) is 10.2. The van der Waals surface area contributed by atoms with Gasteiger partial charge >= 0.3 is 5.97 Å². The third kappa shape index (κ3) is 3.69. The summed E-state index contributed by atoms with van der Waals surface area (Å²) in [5.74, 6) is 0.555. The molecule has 1 aliphatic rings. The highest BCUT2D eigenvalue weighted by molar-refractivity contribution is 7.99. The van der Waals surface area contributed by atoms with Gasteiger partial charge in [-0.05, 0) is 35.4 Å². The van der Waals surface area contributed by atoms with E-state index in [2.05, 4.69) is 0 Å². The van der Waals surface area contributed by atoms with Crippen LogP contribution in [0.5, 0.6) is 5.75 Å². The monoisotopic (exact) mass is 363 g/mol. The number of hydrogen-bond donors (Lipinski definition) is 1. The maximum atomic E-state index is 11.6. The largest absolute Gasteiger partial charge is 0.497 e. The minimum absolute atomic E-state index is 0.0214. The van der Waals surface area contributed by atoms with Crippen molar-refractivity contribution in [2.45, 2.75) is 18.0 Å². The highest BCUT2D eigenvalue weighted by atomic mass is 35.5. The first-order valence-corrected chi connectivity index (χ1v) is 8.99. The summed E-state index contributed by atoms with van der Waals surface area (Å²) in [6.07, 6.45) is 0. The average molecular weight is 364 g/mol. The zero-order chi connectivity index (χ0) is 17.1. The fraction of sp³-hybridized carbons (Fsp3) is 0.278. The molecule has 24 heavy (non-hydrogen) atoms. The van der Waals surface area contributed by atoms with Gasteiger partial charge in [0.2, 0.25) is 0 Å². The first-order chi connectivity index (χ1) is 11.6. The maximum Gasteiger partial charge on any atom is 0.321 e. The molecular weight excluding hydrogens is 346 g/mol. The van der Waals surface area contributed by atoms with Gasteiger partial charge in [0.1, 0.15) is 11.8 Å². The number of benzene rings is 2. The van der Waals surface area contributed by atoms with E-state index in [1.165, 1.54) is 0 Å². The van der Waals surface area contributed by atoms with Crippen molar-refractivity contribution in [1.29, 1.82) is 0 Å². The third-order valence-corrected chi connectivity index (χ3v) is 5.66. The van der Waals surface area contributed by atoms with Gasteiger partial charge in [-0.3, -0.25) is 9.69 Å². The van der Waals surface area contributed by atoms with Crippen molar-refractivity contribution in [1.82, 2.24) is 4.90 Å². The molecule has 2 atom stereocenters. The number of ether oxygens (including phenoxy) is 1. The topological polar surface area (TPSA) is 49.8 Å². The van der Waals surface area contributed by atoms with Crippen LogP contribution < -0.4 is 4.74 Å². The predicted octanol–water partition coefficient (Wildman–Crippen LogP) is 4.05. The second-order valence-electron chi connectivity index (χ2n) is 5.62. The Morgan fingerprint density at radius 2 is 2.08 bits per heavy atom. The Bertz CT molecular complexity index is 722. The predicted molar refractivity (Wildman–Crippen MR) is 96.6 cm³/mol. The number of aliphatic carboxylic acids is 1. The van der Waals surface area contributed by atoms with Crippen molar-refractivity contribution in [2.75, 3.05) is 12.9 Å². The molecule has 1 N–H and O–H groups in total. The van der Waals surface area contributed by atoms with Crippen molar-refractivity contribution in [3.8, 4) is 5.75 Å². The molecule has 6 heteroatoms. The number of carboxylic acids is 1. The molecule has 1 aliphatic heterocycles. The van der Waals surface area contributed by atoms with Gasteiger partial charge in [-0.15, -0.1) is 11.8 Å². The minimum atomic E-state index is -0.791. The van der Waals surface area contributed by atoms with Crippen LogP contribution in [0.1, 0.15) is 16.5 Å². The Morgan fingerprint density at radius 3 is 2.71 bits per heavy atom. The zero-order valence-corrected chi connectivity index (χ0v) is 14.8. The highest BCUT2D eigenvalue weighted by Crippen LogP contribution is 2.42. The number of hydrogen-bond acceptors (Lipinski definition) is 4. The van der Waals surface area contributed by atoms with Crippen LogP contribution in [0.25, 0.3) is 0 Å². The van der Waals surface area contributed by atoms with Gasteiger partial charge in [0.25, 0.3) is 0 Å². The summed E-state index contributed by atoms with van der Waals surface area (Å²) >= 11 is 7.74. The highest BCUT2D eigenvalue weighted by Gasteiger charge is 2.39. The van der Waals surface area contributed by atoms with E-state index in [4.69, 9.17) is 16.3 Å². The first kappa shape index (κ1) is 17.1. The van der Waals surface area contributed by atoms with E-state index >= 15 is 0 Å². The fourth-order valence-corrected chi connectivity index (χ4v) is 4.48. The van der Waals surface area contributed by atoms with Gasteiger partial charge in [-0.2, -0.15) is 0 Å².